The zero-order valence-electron chi connectivity index (χ0n) is 16.8. The van der Waals surface area contributed by atoms with Crippen LogP contribution >= 0.6 is 24.0 Å². The Morgan fingerprint density at radius 3 is 2.40 bits per heavy atom. The zero-order valence-corrected chi connectivity index (χ0v) is 19.1. The van der Waals surface area contributed by atoms with Crippen LogP contribution in [0, 0.1) is 0 Å². The Kier molecular flexibility index (Phi) is 10.7. The molecular weight excluding hydrogens is 433 g/mol. The van der Waals surface area contributed by atoms with E-state index in [1.807, 2.05) is 20.8 Å². The molecule has 0 bridgehead atoms. The summed E-state index contributed by atoms with van der Waals surface area (Å²) in [5, 5.41) is 6.68. The van der Waals surface area contributed by atoms with Gasteiger partial charge < -0.3 is 20.3 Å². The SMILES string of the molecule is CCN(CCNC(=NC)NC1CN(C(=O)OC(C)(C)C)C1)C(C)C.I. The number of carbonyl (C=O) groups is 1. The maximum atomic E-state index is 11.9. The van der Waals surface area contributed by atoms with Crippen LogP contribution in [0.1, 0.15) is 41.5 Å². The Hall–Kier alpha value is -0.770. The second-order valence-corrected chi connectivity index (χ2v) is 7.45. The first-order valence-corrected chi connectivity index (χ1v) is 8.85. The molecule has 0 radical (unpaired) electrons. The Morgan fingerprint density at radius 2 is 1.96 bits per heavy atom. The van der Waals surface area contributed by atoms with E-state index in [9.17, 15) is 4.79 Å². The molecule has 0 unspecified atom stereocenters. The molecule has 1 aliphatic heterocycles. The molecule has 25 heavy (non-hydrogen) atoms. The van der Waals surface area contributed by atoms with Gasteiger partial charge in [-0.15, -0.1) is 24.0 Å². The predicted molar refractivity (Wildman–Crippen MR) is 114 cm³/mol. The average Bonchev–Trinajstić information content (AvgIpc) is 2.41. The molecule has 0 aromatic rings. The van der Waals surface area contributed by atoms with Crippen molar-refractivity contribution in [2.24, 2.45) is 4.99 Å². The van der Waals surface area contributed by atoms with E-state index in [0.717, 1.165) is 25.6 Å². The van der Waals surface area contributed by atoms with Gasteiger partial charge in [0, 0.05) is 39.3 Å². The normalized spacial score (nSPS) is 15.7. The molecule has 7 nitrogen and oxygen atoms in total. The molecule has 0 spiro atoms. The number of aliphatic imine (C=N–C) groups is 1. The summed E-state index contributed by atoms with van der Waals surface area (Å²) in [6.45, 7) is 16.4. The standard InChI is InChI=1S/C17H35N5O2.HI/c1-8-21(13(2)3)10-9-19-15(18-7)20-14-11-22(12-14)16(23)24-17(4,5)6;/h13-14H,8-12H2,1-7H3,(H2,18,19,20);1H. The van der Waals surface area contributed by atoms with Crippen molar-refractivity contribution in [2.75, 3.05) is 39.8 Å². The van der Waals surface area contributed by atoms with Crippen molar-refractivity contribution in [3.63, 3.8) is 0 Å². The summed E-state index contributed by atoms with van der Waals surface area (Å²) in [6.07, 6.45) is -0.251. The van der Waals surface area contributed by atoms with Crippen molar-refractivity contribution in [2.45, 2.75) is 59.2 Å². The van der Waals surface area contributed by atoms with Gasteiger partial charge in [0.2, 0.25) is 0 Å². The second kappa shape index (κ2) is 11.1. The van der Waals surface area contributed by atoms with Crippen molar-refractivity contribution in [1.29, 1.82) is 0 Å². The van der Waals surface area contributed by atoms with Crippen LogP contribution in [0.25, 0.3) is 0 Å². The van der Waals surface area contributed by atoms with Crippen LogP contribution in [0.15, 0.2) is 4.99 Å². The third kappa shape index (κ3) is 8.94. The first kappa shape index (κ1) is 24.2. The lowest BCUT2D eigenvalue weighted by molar-refractivity contribution is 0.00701. The summed E-state index contributed by atoms with van der Waals surface area (Å²) < 4.78 is 5.36. The van der Waals surface area contributed by atoms with Crippen LogP contribution in [0.2, 0.25) is 0 Å². The molecule has 1 fully saturated rings. The monoisotopic (exact) mass is 469 g/mol. The number of ether oxygens (including phenoxy) is 1. The third-order valence-corrected chi connectivity index (χ3v) is 3.93. The molecule has 0 aliphatic carbocycles. The van der Waals surface area contributed by atoms with E-state index in [1.54, 1.807) is 11.9 Å². The van der Waals surface area contributed by atoms with Crippen molar-refractivity contribution in [3.8, 4) is 0 Å². The van der Waals surface area contributed by atoms with Crippen molar-refractivity contribution < 1.29 is 9.53 Å². The summed E-state index contributed by atoms with van der Waals surface area (Å²) in [5.74, 6) is 0.781. The van der Waals surface area contributed by atoms with Crippen LogP contribution < -0.4 is 10.6 Å². The van der Waals surface area contributed by atoms with Crippen molar-refractivity contribution >= 4 is 36.0 Å². The zero-order chi connectivity index (χ0) is 18.3. The quantitative estimate of drug-likeness (QED) is 0.355. The fraction of sp³-hybridized carbons (Fsp3) is 0.882. The first-order valence-electron chi connectivity index (χ1n) is 8.85. The van der Waals surface area contributed by atoms with Gasteiger partial charge in [0.15, 0.2) is 5.96 Å². The molecule has 1 heterocycles. The van der Waals surface area contributed by atoms with Crippen molar-refractivity contribution in [3.05, 3.63) is 0 Å². The largest absolute Gasteiger partial charge is 0.444 e. The number of halogens is 1. The Balaban J connectivity index is 0.00000576. The van der Waals surface area contributed by atoms with E-state index in [4.69, 9.17) is 4.74 Å². The molecule has 0 aromatic carbocycles. The molecule has 1 rings (SSSR count). The number of hydrogen-bond donors (Lipinski definition) is 2. The van der Waals surface area contributed by atoms with Gasteiger partial charge in [-0.25, -0.2) is 4.79 Å². The van der Waals surface area contributed by atoms with E-state index in [-0.39, 0.29) is 36.1 Å². The minimum absolute atomic E-state index is 0. The summed E-state index contributed by atoms with van der Waals surface area (Å²) in [5.41, 5.74) is -0.450. The molecule has 1 amide bonds. The van der Waals surface area contributed by atoms with Gasteiger partial charge in [-0.3, -0.25) is 9.89 Å². The topological polar surface area (TPSA) is 69.2 Å². The molecule has 148 valence electrons. The number of hydrogen-bond acceptors (Lipinski definition) is 4. The number of nitrogens with one attached hydrogen (secondary N) is 2. The molecular formula is C17H36IN5O2. The number of amides is 1. The highest BCUT2D eigenvalue weighted by molar-refractivity contribution is 14.0. The van der Waals surface area contributed by atoms with E-state index < -0.39 is 5.60 Å². The molecule has 2 N–H and O–H groups in total. The summed E-state index contributed by atoms with van der Waals surface area (Å²) >= 11 is 0. The fourth-order valence-electron chi connectivity index (χ4n) is 2.53. The lowest BCUT2D eigenvalue weighted by atomic mass is 10.1. The maximum Gasteiger partial charge on any atom is 0.410 e. The van der Waals surface area contributed by atoms with Gasteiger partial charge in [0.25, 0.3) is 0 Å². The van der Waals surface area contributed by atoms with E-state index in [2.05, 4.69) is 41.3 Å². The van der Waals surface area contributed by atoms with Gasteiger partial charge in [-0.2, -0.15) is 0 Å². The third-order valence-electron chi connectivity index (χ3n) is 3.93. The summed E-state index contributed by atoms with van der Waals surface area (Å²) in [6, 6.07) is 0.761. The fourth-order valence-corrected chi connectivity index (χ4v) is 2.53. The van der Waals surface area contributed by atoms with Gasteiger partial charge in [-0.05, 0) is 41.2 Å². The highest BCUT2D eigenvalue weighted by atomic mass is 127. The van der Waals surface area contributed by atoms with Gasteiger partial charge in [0.05, 0.1) is 6.04 Å². The minimum atomic E-state index is -0.450. The number of carbonyl (C=O) groups excluding carboxylic acids is 1. The molecule has 0 aromatic heterocycles. The minimum Gasteiger partial charge on any atom is -0.444 e. The molecule has 0 atom stereocenters. The van der Waals surface area contributed by atoms with Crippen LogP contribution in [0.3, 0.4) is 0 Å². The number of likely N-dealkylation sites (N-methyl/N-ethyl adjacent to an activating group) is 1. The Bertz CT molecular complexity index is 431. The number of guanidine groups is 1. The average molecular weight is 469 g/mol. The van der Waals surface area contributed by atoms with Gasteiger partial charge in [0.1, 0.15) is 5.60 Å². The highest BCUT2D eigenvalue weighted by Crippen LogP contribution is 2.15. The number of nitrogens with zero attached hydrogens (tertiary/aromatic N) is 3. The van der Waals surface area contributed by atoms with Crippen LogP contribution in [-0.2, 0) is 4.74 Å². The Labute approximate surface area is 170 Å². The van der Waals surface area contributed by atoms with E-state index in [0.29, 0.717) is 19.1 Å². The molecule has 8 heteroatoms. The van der Waals surface area contributed by atoms with E-state index in [1.165, 1.54) is 0 Å². The van der Waals surface area contributed by atoms with Crippen LogP contribution in [0.5, 0.6) is 0 Å². The second-order valence-electron chi connectivity index (χ2n) is 7.45. The summed E-state index contributed by atoms with van der Waals surface area (Å²) in [4.78, 5) is 20.3. The molecule has 0 saturated carbocycles. The maximum absolute atomic E-state index is 11.9. The van der Waals surface area contributed by atoms with Crippen molar-refractivity contribution in [1.82, 2.24) is 20.4 Å². The predicted octanol–water partition coefficient (Wildman–Crippen LogP) is 2.12. The van der Waals surface area contributed by atoms with Gasteiger partial charge >= 0.3 is 6.09 Å². The smallest absolute Gasteiger partial charge is 0.410 e. The number of likely N-dealkylation sites (tertiary alicyclic amines) is 1. The molecule has 1 aliphatic rings. The number of rotatable bonds is 6. The summed E-state index contributed by atoms with van der Waals surface area (Å²) in [7, 11) is 1.76. The lowest BCUT2D eigenvalue weighted by Gasteiger charge is -2.40. The first-order chi connectivity index (χ1) is 11.2. The van der Waals surface area contributed by atoms with Gasteiger partial charge in [-0.1, -0.05) is 6.92 Å². The lowest BCUT2D eigenvalue weighted by Crippen LogP contribution is -2.63. The highest BCUT2D eigenvalue weighted by Gasteiger charge is 2.34. The van der Waals surface area contributed by atoms with Crippen LogP contribution in [0.4, 0.5) is 4.79 Å². The Morgan fingerprint density at radius 1 is 1.36 bits per heavy atom. The van der Waals surface area contributed by atoms with E-state index >= 15 is 0 Å². The molecule has 1 saturated heterocycles. The van der Waals surface area contributed by atoms with Crippen LogP contribution in [-0.4, -0.2) is 79.3 Å².